The molecule has 8 heteroatoms. The van der Waals surface area contributed by atoms with Gasteiger partial charge in [-0.1, -0.05) is 19.1 Å². The van der Waals surface area contributed by atoms with Gasteiger partial charge in [-0.25, -0.2) is 0 Å². The van der Waals surface area contributed by atoms with E-state index in [1.807, 2.05) is 24.3 Å². The lowest BCUT2D eigenvalue weighted by Crippen LogP contribution is -2.55. The van der Waals surface area contributed by atoms with Crippen molar-refractivity contribution in [1.82, 2.24) is 13.5 Å². The summed E-state index contributed by atoms with van der Waals surface area (Å²) in [5.74, 6) is -0.0360. The third-order valence-corrected chi connectivity index (χ3v) is 6.79. The van der Waals surface area contributed by atoms with Crippen LogP contribution >= 0.6 is 0 Å². The maximum absolute atomic E-state index is 12.7. The first-order valence-corrected chi connectivity index (χ1v) is 10.1. The molecule has 0 saturated carbocycles. The lowest BCUT2D eigenvalue weighted by molar-refractivity contribution is 0.0636. The number of carbonyl (C=O) groups is 1. The number of carbonyl (C=O) groups excluding carboxylic acids is 1. The molecule has 25 heavy (non-hydrogen) atoms. The first-order chi connectivity index (χ1) is 12.0. The Hall–Kier alpha value is -1.48. The predicted octanol–water partition coefficient (Wildman–Crippen LogP) is 0.584. The van der Waals surface area contributed by atoms with Crippen LogP contribution in [-0.4, -0.2) is 80.3 Å². The molecule has 138 valence electrons. The van der Waals surface area contributed by atoms with Gasteiger partial charge in [0.1, 0.15) is 0 Å². The highest BCUT2D eigenvalue weighted by molar-refractivity contribution is 7.86. The zero-order chi connectivity index (χ0) is 17.9. The molecule has 2 fully saturated rings. The van der Waals surface area contributed by atoms with Crippen LogP contribution in [0.4, 0.5) is 0 Å². The molecule has 1 amide bonds. The smallest absolute Gasteiger partial charge is 0.282 e. The maximum Gasteiger partial charge on any atom is 0.282 e. The van der Waals surface area contributed by atoms with E-state index in [2.05, 4.69) is 6.92 Å². The van der Waals surface area contributed by atoms with Gasteiger partial charge in [0.05, 0.1) is 13.2 Å². The number of benzene rings is 1. The monoisotopic (exact) mass is 367 g/mol. The molecule has 0 unspecified atom stereocenters. The largest absolute Gasteiger partial charge is 0.379 e. The summed E-state index contributed by atoms with van der Waals surface area (Å²) in [5.41, 5.74) is 1.85. The second-order valence-electron chi connectivity index (χ2n) is 6.26. The second-order valence-corrected chi connectivity index (χ2v) is 8.19. The molecule has 3 rings (SSSR count). The molecule has 0 radical (unpaired) electrons. The molecule has 0 aliphatic carbocycles. The van der Waals surface area contributed by atoms with Gasteiger partial charge in [0.15, 0.2) is 0 Å². The van der Waals surface area contributed by atoms with E-state index in [1.165, 1.54) is 14.2 Å². The topological polar surface area (TPSA) is 70.2 Å². The van der Waals surface area contributed by atoms with E-state index in [9.17, 15) is 13.2 Å². The number of amides is 1. The molecule has 0 spiro atoms. The summed E-state index contributed by atoms with van der Waals surface area (Å²) < 4.78 is 33.5. The van der Waals surface area contributed by atoms with Crippen LogP contribution in [-0.2, 0) is 21.4 Å². The van der Waals surface area contributed by atoms with Crippen molar-refractivity contribution in [2.75, 3.05) is 52.5 Å². The van der Waals surface area contributed by atoms with E-state index in [-0.39, 0.29) is 5.91 Å². The zero-order valence-corrected chi connectivity index (χ0v) is 15.4. The maximum atomic E-state index is 12.7. The molecule has 1 aromatic carbocycles. The van der Waals surface area contributed by atoms with Gasteiger partial charge in [-0.3, -0.25) is 4.79 Å². The molecule has 0 bridgehead atoms. The molecule has 2 saturated heterocycles. The number of piperazine rings is 1. The number of hydrogen-bond donors (Lipinski definition) is 0. The predicted molar refractivity (Wildman–Crippen MR) is 94.6 cm³/mol. The molecule has 1 aromatic rings. The van der Waals surface area contributed by atoms with Crippen molar-refractivity contribution in [3.63, 3.8) is 0 Å². The van der Waals surface area contributed by atoms with Crippen LogP contribution < -0.4 is 0 Å². The van der Waals surface area contributed by atoms with Crippen molar-refractivity contribution in [3.05, 3.63) is 35.4 Å². The van der Waals surface area contributed by atoms with Crippen LogP contribution in [0.2, 0.25) is 0 Å². The van der Waals surface area contributed by atoms with Gasteiger partial charge in [0.25, 0.3) is 16.1 Å². The molecular formula is C17H25N3O4S. The molecule has 0 aromatic heterocycles. The Morgan fingerprint density at radius 1 is 0.960 bits per heavy atom. The van der Waals surface area contributed by atoms with Gasteiger partial charge in [-0.2, -0.15) is 17.0 Å². The van der Waals surface area contributed by atoms with Gasteiger partial charge >= 0.3 is 0 Å². The highest BCUT2D eigenvalue weighted by atomic mass is 32.2. The summed E-state index contributed by atoms with van der Waals surface area (Å²) in [6, 6.07) is 7.62. The highest BCUT2D eigenvalue weighted by Crippen LogP contribution is 2.16. The Morgan fingerprint density at radius 2 is 1.52 bits per heavy atom. The third-order valence-electron chi connectivity index (χ3n) is 4.76. The van der Waals surface area contributed by atoms with E-state index in [1.54, 1.807) is 4.90 Å². The van der Waals surface area contributed by atoms with Crippen molar-refractivity contribution in [2.45, 2.75) is 13.3 Å². The summed E-state index contributed by atoms with van der Waals surface area (Å²) in [6.45, 7) is 5.23. The first kappa shape index (κ1) is 18.3. The molecule has 7 nitrogen and oxygen atoms in total. The van der Waals surface area contributed by atoms with Crippen LogP contribution in [0.25, 0.3) is 0 Å². The highest BCUT2D eigenvalue weighted by Gasteiger charge is 2.34. The van der Waals surface area contributed by atoms with Crippen LogP contribution in [0.1, 0.15) is 22.8 Å². The lowest BCUT2D eigenvalue weighted by atomic mass is 10.1. The van der Waals surface area contributed by atoms with Crippen LogP contribution in [0.15, 0.2) is 24.3 Å². The molecule has 2 aliphatic heterocycles. The van der Waals surface area contributed by atoms with Crippen LogP contribution in [0.5, 0.6) is 0 Å². The Balaban J connectivity index is 1.60. The number of nitrogens with zero attached hydrogens (tertiary/aromatic N) is 3. The minimum absolute atomic E-state index is 0.0360. The van der Waals surface area contributed by atoms with Crippen molar-refractivity contribution < 1.29 is 17.9 Å². The van der Waals surface area contributed by atoms with Gasteiger partial charge in [0, 0.05) is 44.8 Å². The third kappa shape index (κ3) is 4.03. The summed E-state index contributed by atoms with van der Waals surface area (Å²) in [5, 5.41) is 0. The fourth-order valence-electron chi connectivity index (χ4n) is 3.13. The van der Waals surface area contributed by atoms with Gasteiger partial charge < -0.3 is 9.64 Å². The number of aryl methyl sites for hydroxylation is 1. The Kier molecular flexibility index (Phi) is 5.73. The quantitative estimate of drug-likeness (QED) is 0.781. The molecular weight excluding hydrogens is 342 g/mol. The summed E-state index contributed by atoms with van der Waals surface area (Å²) in [7, 11) is -3.46. The summed E-state index contributed by atoms with van der Waals surface area (Å²) in [6.07, 6.45) is 0.937. The van der Waals surface area contributed by atoms with E-state index >= 15 is 0 Å². The van der Waals surface area contributed by atoms with Gasteiger partial charge in [-0.15, -0.1) is 0 Å². The molecule has 0 N–H and O–H groups in total. The first-order valence-electron chi connectivity index (χ1n) is 8.73. The standard InChI is InChI=1S/C17H25N3O4S/c1-2-15-3-5-16(6-4-15)17(21)18-7-9-19(10-8-18)25(22,23)20-11-13-24-14-12-20/h3-6H,2,7-14H2,1H3. The summed E-state index contributed by atoms with van der Waals surface area (Å²) in [4.78, 5) is 14.3. The molecule has 0 atom stereocenters. The summed E-state index contributed by atoms with van der Waals surface area (Å²) >= 11 is 0. The van der Waals surface area contributed by atoms with E-state index < -0.39 is 10.2 Å². The minimum Gasteiger partial charge on any atom is -0.379 e. The number of rotatable bonds is 4. The van der Waals surface area contributed by atoms with Crippen molar-refractivity contribution >= 4 is 16.1 Å². The normalized spacial score (nSPS) is 20.6. The fourth-order valence-corrected chi connectivity index (χ4v) is 4.69. The van der Waals surface area contributed by atoms with Crippen molar-refractivity contribution in [2.24, 2.45) is 0 Å². The minimum atomic E-state index is -3.46. The van der Waals surface area contributed by atoms with Crippen LogP contribution in [0.3, 0.4) is 0 Å². The van der Waals surface area contributed by atoms with Crippen molar-refractivity contribution in [1.29, 1.82) is 0 Å². The number of ether oxygens (including phenoxy) is 1. The van der Waals surface area contributed by atoms with Crippen molar-refractivity contribution in [3.8, 4) is 0 Å². The lowest BCUT2D eigenvalue weighted by Gasteiger charge is -2.37. The molecule has 2 heterocycles. The second kappa shape index (κ2) is 7.82. The molecule has 2 aliphatic rings. The Morgan fingerprint density at radius 3 is 2.08 bits per heavy atom. The number of hydrogen-bond acceptors (Lipinski definition) is 4. The zero-order valence-electron chi connectivity index (χ0n) is 14.6. The average Bonchev–Trinajstić information content (AvgIpc) is 2.68. The number of morpholine rings is 1. The van der Waals surface area contributed by atoms with Gasteiger partial charge in [0.2, 0.25) is 0 Å². The SMILES string of the molecule is CCc1ccc(C(=O)N2CCN(S(=O)(=O)N3CCOCC3)CC2)cc1. The van der Waals surface area contributed by atoms with E-state index in [0.717, 1.165) is 6.42 Å². The fraction of sp³-hybridized carbons (Fsp3) is 0.588. The van der Waals surface area contributed by atoms with E-state index in [4.69, 9.17) is 4.74 Å². The Labute approximate surface area is 149 Å². The average molecular weight is 367 g/mol. The van der Waals surface area contributed by atoms with Gasteiger partial charge in [-0.05, 0) is 24.1 Å². The Bertz CT molecular complexity index is 691. The van der Waals surface area contributed by atoms with E-state index in [0.29, 0.717) is 58.0 Å². The van der Waals surface area contributed by atoms with Crippen LogP contribution in [0, 0.1) is 0 Å².